The van der Waals surface area contributed by atoms with Gasteiger partial charge in [0.05, 0.1) is 42.3 Å². The number of nitrogens with one attached hydrogen (secondary N) is 2. The second-order valence-electron chi connectivity index (χ2n) is 8.36. The summed E-state index contributed by atoms with van der Waals surface area (Å²) in [5, 5.41) is 11.4. The molecule has 35 heavy (non-hydrogen) atoms. The minimum Gasteiger partial charge on any atom is -0.495 e. The number of anilines is 2. The van der Waals surface area contributed by atoms with Gasteiger partial charge in [-0.15, -0.1) is 0 Å². The molecule has 1 atom stereocenters. The van der Waals surface area contributed by atoms with E-state index in [9.17, 15) is 4.79 Å². The Kier molecular flexibility index (Phi) is 4.98. The molecule has 0 amide bonds. The molecule has 0 radical (unpaired) electrons. The maximum absolute atomic E-state index is 13.5. The Morgan fingerprint density at radius 3 is 2.80 bits per heavy atom. The molecule has 1 aliphatic rings. The SMILES string of the molecule is COc1ccccc1-n1c(=O)c2c[nH]nc2c2cnc(NCC3CN(C)c4ccccc4O3)nc21. The molecule has 0 saturated heterocycles. The standard InChI is InChI=1S/C25H23N7O3/c1-31-14-15(35-21-10-6-3-7-18(21)31)11-26-25-27-12-16-22-17(13-28-30-22)24(33)32(23(16)29-25)19-8-4-5-9-20(19)34-2/h3-10,12-13,15H,11,14H2,1-2H3,(H,28,30)(H,26,27,29). The molecule has 1 aliphatic heterocycles. The fourth-order valence-electron chi connectivity index (χ4n) is 4.51. The first-order valence-corrected chi connectivity index (χ1v) is 11.2. The predicted octanol–water partition coefficient (Wildman–Crippen LogP) is 2.97. The van der Waals surface area contributed by atoms with Crippen LogP contribution in [-0.4, -0.2) is 58.1 Å². The van der Waals surface area contributed by atoms with Crippen molar-refractivity contribution in [1.29, 1.82) is 0 Å². The number of nitrogens with zero attached hydrogens (tertiary/aromatic N) is 5. The van der Waals surface area contributed by atoms with E-state index in [0.29, 0.717) is 45.9 Å². The number of benzene rings is 2. The molecule has 0 spiro atoms. The summed E-state index contributed by atoms with van der Waals surface area (Å²) in [6, 6.07) is 15.3. The first-order valence-electron chi connectivity index (χ1n) is 11.2. The van der Waals surface area contributed by atoms with E-state index in [4.69, 9.17) is 14.5 Å². The normalized spacial score (nSPS) is 15.1. The van der Waals surface area contributed by atoms with Crippen LogP contribution in [0.2, 0.25) is 0 Å². The Labute approximate surface area is 200 Å². The molecule has 6 rings (SSSR count). The molecule has 5 aromatic rings. The van der Waals surface area contributed by atoms with Crippen LogP contribution in [0.4, 0.5) is 11.6 Å². The van der Waals surface area contributed by atoms with Gasteiger partial charge < -0.3 is 19.7 Å². The minimum absolute atomic E-state index is 0.0978. The molecular formula is C25H23N7O3. The third kappa shape index (κ3) is 3.50. The lowest BCUT2D eigenvalue weighted by Crippen LogP contribution is -2.41. The zero-order valence-electron chi connectivity index (χ0n) is 19.2. The highest BCUT2D eigenvalue weighted by atomic mass is 16.5. The summed E-state index contributed by atoms with van der Waals surface area (Å²) in [5.41, 5.74) is 2.37. The van der Waals surface area contributed by atoms with Gasteiger partial charge in [-0.25, -0.2) is 4.98 Å². The Morgan fingerprint density at radius 1 is 1.14 bits per heavy atom. The fraction of sp³-hybridized carbons (Fsp3) is 0.200. The molecule has 10 heteroatoms. The number of pyridine rings is 1. The Hall–Kier alpha value is -4.60. The quantitative estimate of drug-likeness (QED) is 0.404. The van der Waals surface area contributed by atoms with Gasteiger partial charge in [-0.05, 0) is 24.3 Å². The zero-order chi connectivity index (χ0) is 23.9. The molecule has 10 nitrogen and oxygen atoms in total. The van der Waals surface area contributed by atoms with Gasteiger partial charge in [0.15, 0.2) is 5.65 Å². The average Bonchev–Trinajstić information content (AvgIpc) is 3.38. The highest BCUT2D eigenvalue weighted by Crippen LogP contribution is 2.32. The van der Waals surface area contributed by atoms with Crippen LogP contribution in [0.5, 0.6) is 11.5 Å². The van der Waals surface area contributed by atoms with Crippen molar-refractivity contribution < 1.29 is 9.47 Å². The number of para-hydroxylation sites is 4. The van der Waals surface area contributed by atoms with Crippen LogP contribution in [0.1, 0.15) is 0 Å². The van der Waals surface area contributed by atoms with E-state index < -0.39 is 0 Å². The lowest BCUT2D eigenvalue weighted by atomic mass is 10.2. The second-order valence-corrected chi connectivity index (χ2v) is 8.36. The van der Waals surface area contributed by atoms with Crippen molar-refractivity contribution in [3.05, 3.63) is 71.3 Å². The summed E-state index contributed by atoms with van der Waals surface area (Å²) in [7, 11) is 3.62. The van der Waals surface area contributed by atoms with Gasteiger partial charge in [0, 0.05) is 19.4 Å². The van der Waals surface area contributed by atoms with Crippen molar-refractivity contribution >= 4 is 33.6 Å². The van der Waals surface area contributed by atoms with E-state index in [2.05, 4.69) is 25.4 Å². The Bertz CT molecular complexity index is 1610. The molecule has 0 saturated carbocycles. The number of hydrogen-bond donors (Lipinski definition) is 2. The highest BCUT2D eigenvalue weighted by molar-refractivity contribution is 6.02. The molecule has 2 N–H and O–H groups in total. The van der Waals surface area contributed by atoms with Crippen LogP contribution in [0.3, 0.4) is 0 Å². The number of hydrogen-bond acceptors (Lipinski definition) is 8. The number of aromatic amines is 1. The van der Waals surface area contributed by atoms with Crippen LogP contribution in [0, 0.1) is 0 Å². The topological polar surface area (TPSA) is 110 Å². The second kappa shape index (κ2) is 8.32. The van der Waals surface area contributed by atoms with Gasteiger partial charge in [-0.3, -0.25) is 14.5 Å². The van der Waals surface area contributed by atoms with Crippen LogP contribution >= 0.6 is 0 Å². The number of methoxy groups -OCH3 is 1. The van der Waals surface area contributed by atoms with Crippen molar-refractivity contribution in [2.75, 3.05) is 37.5 Å². The van der Waals surface area contributed by atoms with Crippen LogP contribution in [0.15, 0.2) is 65.7 Å². The minimum atomic E-state index is -0.246. The van der Waals surface area contributed by atoms with Gasteiger partial charge in [-0.1, -0.05) is 24.3 Å². The summed E-state index contributed by atoms with van der Waals surface area (Å²) in [5.74, 6) is 1.79. The molecule has 4 heterocycles. The molecule has 0 bridgehead atoms. The first-order chi connectivity index (χ1) is 17.1. The molecule has 2 aromatic carbocycles. The summed E-state index contributed by atoms with van der Waals surface area (Å²) in [6.45, 7) is 1.21. The van der Waals surface area contributed by atoms with Crippen molar-refractivity contribution in [2.45, 2.75) is 6.10 Å². The largest absolute Gasteiger partial charge is 0.495 e. The van der Waals surface area contributed by atoms with Crippen LogP contribution < -0.4 is 25.2 Å². The third-order valence-electron chi connectivity index (χ3n) is 6.17. The maximum Gasteiger partial charge on any atom is 0.268 e. The lowest BCUT2D eigenvalue weighted by molar-refractivity contribution is 0.208. The van der Waals surface area contributed by atoms with Gasteiger partial charge in [0.1, 0.15) is 23.1 Å². The van der Waals surface area contributed by atoms with Gasteiger partial charge in [0.2, 0.25) is 5.95 Å². The van der Waals surface area contributed by atoms with Gasteiger partial charge >= 0.3 is 0 Å². The number of ether oxygens (including phenoxy) is 2. The zero-order valence-corrected chi connectivity index (χ0v) is 19.2. The number of rotatable bonds is 5. The molecule has 176 valence electrons. The molecule has 0 fully saturated rings. The molecular weight excluding hydrogens is 446 g/mol. The Balaban J connectivity index is 1.40. The summed E-state index contributed by atoms with van der Waals surface area (Å²) >= 11 is 0. The molecule has 0 aliphatic carbocycles. The number of aromatic nitrogens is 5. The Morgan fingerprint density at radius 2 is 1.94 bits per heavy atom. The summed E-state index contributed by atoms with van der Waals surface area (Å²) < 4.78 is 13.2. The van der Waals surface area contributed by atoms with E-state index >= 15 is 0 Å². The maximum atomic E-state index is 13.5. The highest BCUT2D eigenvalue weighted by Gasteiger charge is 2.24. The number of fused-ring (bicyclic) bond motifs is 4. The smallest absolute Gasteiger partial charge is 0.268 e. The number of likely N-dealkylation sites (N-methyl/N-ethyl adjacent to an activating group) is 1. The fourth-order valence-corrected chi connectivity index (χ4v) is 4.51. The third-order valence-corrected chi connectivity index (χ3v) is 6.17. The summed E-state index contributed by atoms with van der Waals surface area (Å²) in [6.07, 6.45) is 3.17. The first kappa shape index (κ1) is 21.0. The van der Waals surface area contributed by atoms with Crippen molar-refractivity contribution in [3.8, 4) is 17.2 Å². The molecule has 3 aromatic heterocycles. The molecule has 1 unspecified atom stereocenters. The van der Waals surface area contributed by atoms with E-state index in [1.54, 1.807) is 24.1 Å². The van der Waals surface area contributed by atoms with Gasteiger partial charge in [-0.2, -0.15) is 10.1 Å². The van der Waals surface area contributed by atoms with Crippen molar-refractivity contribution in [1.82, 2.24) is 24.7 Å². The predicted molar refractivity (Wildman–Crippen MR) is 134 cm³/mol. The van der Waals surface area contributed by atoms with Crippen molar-refractivity contribution in [2.24, 2.45) is 0 Å². The van der Waals surface area contributed by atoms with E-state index in [-0.39, 0.29) is 11.7 Å². The van der Waals surface area contributed by atoms with E-state index in [1.165, 1.54) is 0 Å². The monoisotopic (exact) mass is 469 g/mol. The van der Waals surface area contributed by atoms with Crippen LogP contribution in [-0.2, 0) is 0 Å². The van der Waals surface area contributed by atoms with Gasteiger partial charge in [0.25, 0.3) is 5.56 Å². The lowest BCUT2D eigenvalue weighted by Gasteiger charge is -2.33. The van der Waals surface area contributed by atoms with Crippen LogP contribution in [0.25, 0.3) is 27.6 Å². The van der Waals surface area contributed by atoms with E-state index in [1.807, 2.05) is 55.6 Å². The average molecular weight is 470 g/mol. The number of H-pyrrole nitrogens is 1. The summed E-state index contributed by atoms with van der Waals surface area (Å²) in [4.78, 5) is 24.9. The van der Waals surface area contributed by atoms with Crippen molar-refractivity contribution in [3.63, 3.8) is 0 Å². The van der Waals surface area contributed by atoms with E-state index in [0.717, 1.165) is 18.0 Å².